The number of carbonyl (C=O) groups is 1. The second-order valence-electron chi connectivity index (χ2n) is 5.01. The van der Waals surface area contributed by atoms with Crippen molar-refractivity contribution in [2.24, 2.45) is 11.7 Å². The fourth-order valence-corrected chi connectivity index (χ4v) is 2.16. The minimum atomic E-state index is -0.718. The average molecular weight is 276 g/mol. The minimum absolute atomic E-state index is 0.244. The highest BCUT2D eigenvalue weighted by atomic mass is 16.4. The molecule has 1 atom stereocenters. The van der Waals surface area contributed by atoms with Crippen LogP contribution in [-0.4, -0.2) is 22.6 Å². The normalized spacial score (nSPS) is 12.7. The van der Waals surface area contributed by atoms with E-state index < -0.39 is 5.97 Å². The van der Waals surface area contributed by atoms with Crippen molar-refractivity contribution >= 4 is 12.0 Å². The summed E-state index contributed by atoms with van der Waals surface area (Å²) in [4.78, 5) is 14.7. The van der Waals surface area contributed by atoms with Crippen LogP contribution in [0.25, 0.3) is 6.08 Å². The van der Waals surface area contributed by atoms with Gasteiger partial charge in [-0.1, -0.05) is 31.1 Å². The summed E-state index contributed by atoms with van der Waals surface area (Å²) < 4.78 is 0. The topological polar surface area (TPSA) is 76.2 Å². The van der Waals surface area contributed by atoms with Crippen molar-refractivity contribution in [1.29, 1.82) is 0 Å². The Morgan fingerprint density at radius 3 is 2.90 bits per heavy atom. The van der Waals surface area contributed by atoms with Gasteiger partial charge in [-0.3, -0.25) is 9.78 Å². The van der Waals surface area contributed by atoms with Gasteiger partial charge in [-0.25, -0.2) is 0 Å². The van der Waals surface area contributed by atoms with Crippen LogP contribution in [0.4, 0.5) is 0 Å². The largest absolute Gasteiger partial charge is 0.481 e. The zero-order valence-corrected chi connectivity index (χ0v) is 11.9. The lowest BCUT2D eigenvalue weighted by atomic mass is 9.93. The monoisotopic (exact) mass is 276 g/mol. The molecule has 20 heavy (non-hydrogen) atoms. The third kappa shape index (κ3) is 7.69. The summed E-state index contributed by atoms with van der Waals surface area (Å²) in [5, 5.41) is 8.79. The number of aliphatic carboxylic acids is 1. The van der Waals surface area contributed by atoms with Gasteiger partial charge in [0.2, 0.25) is 0 Å². The van der Waals surface area contributed by atoms with E-state index in [-0.39, 0.29) is 6.42 Å². The molecule has 0 aliphatic heterocycles. The first-order valence-electron chi connectivity index (χ1n) is 7.20. The van der Waals surface area contributed by atoms with Crippen molar-refractivity contribution in [2.75, 3.05) is 6.54 Å². The zero-order valence-electron chi connectivity index (χ0n) is 11.9. The predicted molar refractivity (Wildman–Crippen MR) is 81.2 cm³/mol. The number of nitrogens with two attached hydrogens (primary N) is 1. The molecule has 0 amide bonds. The Bertz CT molecular complexity index is 404. The lowest BCUT2D eigenvalue weighted by Gasteiger charge is -2.13. The number of allylic oxidation sites excluding steroid dienone is 1. The van der Waals surface area contributed by atoms with Gasteiger partial charge in [0.25, 0.3) is 0 Å². The minimum Gasteiger partial charge on any atom is -0.481 e. The lowest BCUT2D eigenvalue weighted by Crippen LogP contribution is -2.06. The average Bonchev–Trinajstić information content (AvgIpc) is 2.45. The highest BCUT2D eigenvalue weighted by Gasteiger charge is 2.09. The van der Waals surface area contributed by atoms with Crippen molar-refractivity contribution in [3.63, 3.8) is 0 Å². The molecule has 0 fully saturated rings. The van der Waals surface area contributed by atoms with Crippen LogP contribution in [0.15, 0.2) is 30.6 Å². The van der Waals surface area contributed by atoms with Crippen molar-refractivity contribution in [3.8, 4) is 0 Å². The van der Waals surface area contributed by atoms with Gasteiger partial charge < -0.3 is 10.8 Å². The smallest absolute Gasteiger partial charge is 0.303 e. The Labute approximate surface area is 120 Å². The fourth-order valence-electron chi connectivity index (χ4n) is 2.16. The summed E-state index contributed by atoms with van der Waals surface area (Å²) in [7, 11) is 0. The van der Waals surface area contributed by atoms with Gasteiger partial charge in [0, 0.05) is 18.8 Å². The van der Waals surface area contributed by atoms with E-state index in [2.05, 4.69) is 11.1 Å². The Morgan fingerprint density at radius 2 is 2.25 bits per heavy atom. The van der Waals surface area contributed by atoms with Crippen LogP contribution < -0.4 is 5.73 Å². The molecule has 4 nitrogen and oxygen atoms in total. The highest BCUT2D eigenvalue weighted by Crippen LogP contribution is 2.20. The maximum Gasteiger partial charge on any atom is 0.303 e. The first kappa shape index (κ1) is 16.4. The van der Waals surface area contributed by atoms with Crippen LogP contribution in [0, 0.1) is 5.92 Å². The van der Waals surface area contributed by atoms with E-state index in [0.29, 0.717) is 12.5 Å². The molecule has 1 aromatic heterocycles. The molecule has 110 valence electrons. The number of carboxylic acid groups (broad SMARTS) is 1. The van der Waals surface area contributed by atoms with Crippen molar-refractivity contribution in [1.82, 2.24) is 4.98 Å². The van der Waals surface area contributed by atoms with Crippen molar-refractivity contribution < 1.29 is 9.90 Å². The summed E-state index contributed by atoms with van der Waals surface area (Å²) in [6.07, 6.45) is 12.7. The van der Waals surface area contributed by atoms with Crippen LogP contribution in [0.2, 0.25) is 0 Å². The molecule has 4 heteroatoms. The third-order valence-electron chi connectivity index (χ3n) is 3.30. The second kappa shape index (κ2) is 10.1. The number of nitrogens with zero attached hydrogens (tertiary/aromatic N) is 1. The number of pyridine rings is 1. The number of aromatic nitrogens is 1. The number of hydrogen-bond acceptors (Lipinski definition) is 3. The van der Waals surface area contributed by atoms with Gasteiger partial charge in [-0.05, 0) is 43.4 Å². The van der Waals surface area contributed by atoms with E-state index in [1.165, 1.54) is 0 Å². The van der Waals surface area contributed by atoms with E-state index in [1.807, 2.05) is 24.4 Å². The molecule has 0 aromatic carbocycles. The SMILES string of the molecule is NCCCCC(C/C=C/c1cccnc1)CCC(=O)O. The summed E-state index contributed by atoms with van der Waals surface area (Å²) in [5.41, 5.74) is 6.57. The van der Waals surface area contributed by atoms with E-state index in [0.717, 1.165) is 37.7 Å². The molecule has 0 radical (unpaired) electrons. The van der Waals surface area contributed by atoms with Gasteiger partial charge in [-0.15, -0.1) is 0 Å². The number of carboxylic acids is 1. The summed E-state index contributed by atoms with van der Waals surface area (Å²) in [5.74, 6) is -0.296. The van der Waals surface area contributed by atoms with Crippen LogP contribution >= 0.6 is 0 Å². The Balaban J connectivity index is 2.41. The lowest BCUT2D eigenvalue weighted by molar-refractivity contribution is -0.137. The first-order valence-corrected chi connectivity index (χ1v) is 7.20. The van der Waals surface area contributed by atoms with Gasteiger partial charge in [-0.2, -0.15) is 0 Å². The number of unbranched alkanes of at least 4 members (excludes halogenated alkanes) is 1. The highest BCUT2D eigenvalue weighted by molar-refractivity contribution is 5.66. The van der Waals surface area contributed by atoms with Gasteiger partial charge in [0.05, 0.1) is 0 Å². The maximum atomic E-state index is 10.7. The predicted octanol–water partition coefficient (Wildman–Crippen LogP) is 3.09. The fraction of sp³-hybridized carbons (Fsp3) is 0.500. The van der Waals surface area contributed by atoms with Crippen molar-refractivity contribution in [2.45, 2.75) is 38.5 Å². The molecule has 0 aliphatic carbocycles. The molecular formula is C16H24N2O2. The Hall–Kier alpha value is -1.68. The van der Waals surface area contributed by atoms with Crippen LogP contribution in [-0.2, 0) is 4.79 Å². The molecule has 3 N–H and O–H groups in total. The van der Waals surface area contributed by atoms with Gasteiger partial charge >= 0.3 is 5.97 Å². The third-order valence-corrected chi connectivity index (χ3v) is 3.30. The second-order valence-corrected chi connectivity index (χ2v) is 5.01. The molecule has 0 saturated carbocycles. The molecular weight excluding hydrogens is 252 g/mol. The summed E-state index contributed by atoms with van der Waals surface area (Å²) >= 11 is 0. The maximum absolute atomic E-state index is 10.7. The van der Waals surface area contributed by atoms with E-state index in [9.17, 15) is 4.79 Å². The van der Waals surface area contributed by atoms with Crippen molar-refractivity contribution in [3.05, 3.63) is 36.2 Å². The van der Waals surface area contributed by atoms with E-state index >= 15 is 0 Å². The molecule has 0 spiro atoms. The Morgan fingerprint density at radius 1 is 1.40 bits per heavy atom. The standard InChI is InChI=1S/C16H24N2O2/c17-11-2-1-5-14(9-10-16(19)20)6-3-7-15-8-4-12-18-13-15/h3-4,7-8,12-14H,1-2,5-6,9-11,17H2,(H,19,20)/b7-3+. The molecule has 1 aromatic rings. The number of rotatable bonds is 10. The Kier molecular flexibility index (Phi) is 8.31. The summed E-state index contributed by atoms with van der Waals surface area (Å²) in [6.45, 7) is 0.706. The zero-order chi connectivity index (χ0) is 14.6. The van der Waals surface area contributed by atoms with Crippen LogP contribution in [0.3, 0.4) is 0 Å². The molecule has 0 aliphatic rings. The summed E-state index contributed by atoms with van der Waals surface area (Å²) in [6, 6.07) is 3.91. The molecule has 1 heterocycles. The van der Waals surface area contributed by atoms with Crippen LogP contribution in [0.5, 0.6) is 0 Å². The number of hydrogen-bond donors (Lipinski definition) is 2. The molecule has 0 bridgehead atoms. The van der Waals surface area contributed by atoms with Gasteiger partial charge in [0.1, 0.15) is 0 Å². The quantitative estimate of drug-likeness (QED) is 0.644. The van der Waals surface area contributed by atoms with E-state index in [4.69, 9.17) is 10.8 Å². The van der Waals surface area contributed by atoms with Gasteiger partial charge in [0.15, 0.2) is 0 Å². The molecule has 0 saturated heterocycles. The first-order chi connectivity index (χ1) is 9.72. The van der Waals surface area contributed by atoms with Crippen LogP contribution in [0.1, 0.15) is 44.1 Å². The molecule has 1 rings (SSSR count). The van der Waals surface area contributed by atoms with E-state index in [1.54, 1.807) is 6.20 Å². The molecule has 1 unspecified atom stereocenters.